The molecular weight excluding hydrogens is 531 g/mol. The third-order valence-electron chi connectivity index (χ3n) is 6.38. The fourth-order valence-corrected chi connectivity index (χ4v) is 4.69. The molecule has 1 atom stereocenters. The van der Waals surface area contributed by atoms with Crippen LogP contribution in [0.1, 0.15) is 41.3 Å². The van der Waals surface area contributed by atoms with E-state index in [9.17, 15) is 18.0 Å². The van der Waals surface area contributed by atoms with Crippen LogP contribution in [0, 0.1) is 11.7 Å². The smallest absolute Gasteiger partial charge is 0.302 e. The zero-order chi connectivity index (χ0) is 27.4. The van der Waals surface area contributed by atoms with Gasteiger partial charge in [-0.3, -0.25) is 14.9 Å². The van der Waals surface area contributed by atoms with E-state index in [1.807, 2.05) is 0 Å². The summed E-state index contributed by atoms with van der Waals surface area (Å²) in [7, 11) is 0. The molecule has 0 aliphatic heterocycles. The number of benzene rings is 2. The second-order valence-corrected chi connectivity index (χ2v) is 9.67. The van der Waals surface area contributed by atoms with E-state index in [4.69, 9.17) is 10.5 Å². The van der Waals surface area contributed by atoms with Crippen LogP contribution in [-0.4, -0.2) is 31.8 Å². The van der Waals surface area contributed by atoms with Crippen LogP contribution in [0.3, 0.4) is 0 Å². The zero-order valence-corrected chi connectivity index (χ0v) is 21.2. The molecule has 2 heterocycles. The Balaban J connectivity index is 1.52. The number of alkyl halides is 2. The molecule has 9 nitrogen and oxygen atoms in total. The zero-order valence-electron chi connectivity index (χ0n) is 20.4. The van der Waals surface area contributed by atoms with Gasteiger partial charge in [-0.25, -0.2) is 9.37 Å². The number of amides is 1. The normalized spacial score (nSPS) is 14.1. The highest BCUT2D eigenvalue weighted by Crippen LogP contribution is 2.44. The molecule has 0 saturated heterocycles. The van der Waals surface area contributed by atoms with E-state index in [1.54, 1.807) is 30.3 Å². The minimum Gasteiger partial charge on any atom is -0.483 e. The standard InChI is InChI=1S/C26H24F3N7O2S/c27-17-7-4-15(5-8-17)23(14-2-1-3-14)38-19-12-16(6-9-18(19)36-39-26(28)29)22-21(24(30)37)25(35-34-22)33-20-13-31-10-11-32-20/h4-14,23,26,36H,1-3H2,(H2,30,37)(H2,32,33,34,35). The fourth-order valence-electron chi connectivity index (χ4n) is 4.30. The van der Waals surface area contributed by atoms with Gasteiger partial charge < -0.3 is 20.5 Å². The number of aromatic amines is 1. The maximum atomic E-state index is 13.6. The number of hydrogen-bond acceptors (Lipinski definition) is 8. The number of rotatable bonds is 11. The Labute approximate surface area is 225 Å². The Kier molecular flexibility index (Phi) is 7.87. The predicted molar refractivity (Wildman–Crippen MR) is 142 cm³/mol. The molecule has 2 aromatic carbocycles. The van der Waals surface area contributed by atoms with E-state index in [1.165, 1.54) is 30.7 Å². The number of primary amides is 1. The van der Waals surface area contributed by atoms with E-state index in [0.717, 1.165) is 24.8 Å². The van der Waals surface area contributed by atoms with Gasteiger partial charge in [0.15, 0.2) is 5.82 Å². The van der Waals surface area contributed by atoms with Crippen LogP contribution < -0.4 is 20.5 Å². The van der Waals surface area contributed by atoms with Crippen molar-refractivity contribution in [1.82, 2.24) is 20.2 Å². The monoisotopic (exact) mass is 555 g/mol. The van der Waals surface area contributed by atoms with Crippen molar-refractivity contribution in [2.45, 2.75) is 31.1 Å². The second-order valence-electron chi connectivity index (χ2n) is 8.87. The van der Waals surface area contributed by atoms with Crippen molar-refractivity contribution in [2.75, 3.05) is 10.0 Å². The fraction of sp³-hybridized carbons (Fsp3) is 0.231. The summed E-state index contributed by atoms with van der Waals surface area (Å²) in [6.45, 7) is 0. The number of hydrogen-bond donors (Lipinski definition) is 4. The third kappa shape index (κ3) is 6.08. The molecule has 1 amide bonds. The number of carbonyl (C=O) groups is 1. The summed E-state index contributed by atoms with van der Waals surface area (Å²) < 4.78 is 48.7. The molecule has 1 unspecified atom stereocenters. The molecule has 5 rings (SSSR count). The lowest BCUT2D eigenvalue weighted by molar-refractivity contribution is 0.0845. The second kappa shape index (κ2) is 11.6. The van der Waals surface area contributed by atoms with Gasteiger partial charge in [0.25, 0.3) is 5.91 Å². The molecule has 1 saturated carbocycles. The van der Waals surface area contributed by atoms with Crippen molar-refractivity contribution in [3.05, 3.63) is 78.0 Å². The van der Waals surface area contributed by atoms with Crippen molar-refractivity contribution >= 4 is 35.2 Å². The van der Waals surface area contributed by atoms with Gasteiger partial charge in [0.1, 0.15) is 29.1 Å². The Hall–Kier alpha value is -4.26. The Morgan fingerprint density at radius 1 is 1.15 bits per heavy atom. The van der Waals surface area contributed by atoms with Gasteiger partial charge in [0.2, 0.25) is 0 Å². The highest BCUT2D eigenvalue weighted by molar-refractivity contribution is 8.00. The highest BCUT2D eigenvalue weighted by Gasteiger charge is 2.31. The number of nitrogens with zero attached hydrogens (tertiary/aromatic N) is 3. The third-order valence-corrected chi connectivity index (χ3v) is 6.90. The van der Waals surface area contributed by atoms with Gasteiger partial charge in [0, 0.05) is 35.8 Å². The van der Waals surface area contributed by atoms with Crippen LogP contribution in [0.15, 0.2) is 61.1 Å². The van der Waals surface area contributed by atoms with Crippen molar-refractivity contribution < 1.29 is 22.7 Å². The summed E-state index contributed by atoms with van der Waals surface area (Å²) in [5, 5.41) is 9.92. The average Bonchev–Trinajstić information content (AvgIpc) is 3.31. The van der Waals surface area contributed by atoms with Crippen molar-refractivity contribution in [3.8, 4) is 17.0 Å². The van der Waals surface area contributed by atoms with Crippen LogP contribution in [0.4, 0.5) is 30.5 Å². The maximum Gasteiger partial charge on any atom is 0.302 e. The molecule has 39 heavy (non-hydrogen) atoms. The maximum absolute atomic E-state index is 13.6. The summed E-state index contributed by atoms with van der Waals surface area (Å²) in [6.07, 6.45) is 6.88. The first-order chi connectivity index (χ1) is 18.9. The number of H-pyrrole nitrogens is 1. The predicted octanol–water partition coefficient (Wildman–Crippen LogP) is 6.05. The van der Waals surface area contributed by atoms with Gasteiger partial charge in [-0.15, -0.1) is 0 Å². The molecule has 2 aromatic heterocycles. The van der Waals surface area contributed by atoms with E-state index in [2.05, 4.69) is 30.2 Å². The van der Waals surface area contributed by atoms with Crippen LogP contribution >= 0.6 is 11.9 Å². The Bertz CT molecular complexity index is 1430. The lowest BCUT2D eigenvalue weighted by Gasteiger charge is -2.34. The Morgan fingerprint density at radius 3 is 2.59 bits per heavy atom. The van der Waals surface area contributed by atoms with Crippen molar-refractivity contribution in [2.24, 2.45) is 11.7 Å². The van der Waals surface area contributed by atoms with Gasteiger partial charge >= 0.3 is 5.76 Å². The minimum absolute atomic E-state index is 0.0725. The number of anilines is 3. The molecule has 4 aromatic rings. The largest absolute Gasteiger partial charge is 0.483 e. The molecule has 0 radical (unpaired) electrons. The van der Waals surface area contributed by atoms with Gasteiger partial charge in [-0.05, 0) is 42.7 Å². The molecule has 5 N–H and O–H groups in total. The molecule has 0 bridgehead atoms. The first-order valence-corrected chi connectivity index (χ1v) is 12.9. The minimum atomic E-state index is -2.67. The topological polar surface area (TPSA) is 131 Å². The van der Waals surface area contributed by atoms with Gasteiger partial charge in [-0.2, -0.15) is 13.9 Å². The van der Waals surface area contributed by atoms with E-state index >= 15 is 0 Å². The summed E-state index contributed by atoms with van der Waals surface area (Å²) in [5.41, 5.74) is 7.64. The summed E-state index contributed by atoms with van der Waals surface area (Å²) in [5.74, 6) is -2.83. The molecule has 13 heteroatoms. The first-order valence-electron chi connectivity index (χ1n) is 12.1. The lowest BCUT2D eigenvalue weighted by Crippen LogP contribution is -2.25. The number of ether oxygens (including phenoxy) is 1. The van der Waals surface area contributed by atoms with Crippen molar-refractivity contribution in [1.29, 1.82) is 0 Å². The van der Waals surface area contributed by atoms with E-state index in [-0.39, 0.29) is 40.8 Å². The first kappa shape index (κ1) is 26.4. The molecule has 0 spiro atoms. The van der Waals surface area contributed by atoms with E-state index < -0.39 is 17.8 Å². The number of carbonyl (C=O) groups excluding carboxylic acids is 1. The van der Waals surface area contributed by atoms with Crippen LogP contribution in [0.2, 0.25) is 0 Å². The molecule has 202 valence electrons. The number of aromatic nitrogens is 4. The summed E-state index contributed by atoms with van der Waals surface area (Å²) in [6, 6.07) is 10.9. The molecule has 1 aliphatic carbocycles. The van der Waals surface area contributed by atoms with E-state index in [0.29, 0.717) is 22.8 Å². The van der Waals surface area contributed by atoms with Gasteiger partial charge in [0.05, 0.1) is 17.6 Å². The number of halogens is 3. The molecular formula is C26H24F3N7O2S. The summed E-state index contributed by atoms with van der Waals surface area (Å²) in [4.78, 5) is 20.5. The van der Waals surface area contributed by atoms with Crippen molar-refractivity contribution in [3.63, 3.8) is 0 Å². The SMILES string of the molecule is NC(=O)c1c(Nc2cnccn2)n[nH]c1-c1ccc(NSC(F)F)c(OC(c2ccc(F)cc2)C2CCC2)c1. The van der Waals surface area contributed by atoms with Crippen LogP contribution in [-0.2, 0) is 0 Å². The highest BCUT2D eigenvalue weighted by atomic mass is 32.2. The summed E-state index contributed by atoms with van der Waals surface area (Å²) >= 11 is 0.237. The van der Waals surface area contributed by atoms with Crippen LogP contribution in [0.25, 0.3) is 11.3 Å². The van der Waals surface area contributed by atoms with Crippen LogP contribution in [0.5, 0.6) is 5.75 Å². The molecule has 1 aliphatic rings. The Morgan fingerprint density at radius 2 is 1.95 bits per heavy atom. The number of nitrogens with two attached hydrogens (primary N) is 1. The lowest BCUT2D eigenvalue weighted by atomic mass is 9.78. The quantitative estimate of drug-likeness (QED) is 0.165. The number of nitrogens with one attached hydrogen (secondary N) is 3. The average molecular weight is 556 g/mol. The molecule has 1 fully saturated rings. The van der Waals surface area contributed by atoms with Gasteiger partial charge in [-0.1, -0.05) is 24.6 Å².